The zero-order valence-electron chi connectivity index (χ0n) is 21.3. The fourth-order valence-electron chi connectivity index (χ4n) is 3.62. The number of esters is 2. The van der Waals surface area contributed by atoms with Crippen molar-refractivity contribution < 1.29 is 37.0 Å². The molecule has 0 saturated carbocycles. The van der Waals surface area contributed by atoms with Crippen molar-refractivity contribution >= 4 is 45.1 Å². The summed E-state index contributed by atoms with van der Waals surface area (Å²) in [6, 6.07) is 20.3. The van der Waals surface area contributed by atoms with Gasteiger partial charge in [0.2, 0.25) is 5.69 Å². The summed E-state index contributed by atoms with van der Waals surface area (Å²) in [5.74, 6) is -0.535. The molecule has 11 nitrogen and oxygen atoms in total. The highest BCUT2D eigenvalue weighted by Gasteiger charge is 2.33. The van der Waals surface area contributed by atoms with Gasteiger partial charge in [-0.15, -0.1) is 0 Å². The summed E-state index contributed by atoms with van der Waals surface area (Å²) in [7, 11) is -4.16. The van der Waals surface area contributed by atoms with Crippen LogP contribution in [0.25, 0.3) is 6.08 Å². The molecule has 210 valence electrons. The number of thiocarbonyl (C=S) groups is 1. The highest BCUT2D eigenvalue weighted by atomic mass is 32.2. The molecule has 0 saturated heterocycles. The number of hydrogen-bond donors (Lipinski definition) is 1. The molecule has 0 atom stereocenters. The quantitative estimate of drug-likeness (QED) is 0.0891. The SMILES string of the molecule is NC(=S)c1ccc(OC(=O)C=Cc2ccc(OC(=O)CCCc3no[n+]([O-])c3S(=O)(=O)c3ccccc3)cc2)cc1. The maximum atomic E-state index is 12.8. The van der Waals surface area contributed by atoms with Gasteiger partial charge in [-0.2, -0.15) is 0 Å². The number of rotatable bonds is 11. The number of nitrogens with two attached hydrogens (primary N) is 1. The first-order valence-corrected chi connectivity index (χ1v) is 14.0. The third kappa shape index (κ3) is 7.62. The molecule has 4 rings (SSSR count). The Bertz CT molecular complexity index is 1680. The van der Waals surface area contributed by atoms with Crippen LogP contribution in [0.15, 0.2) is 99.5 Å². The van der Waals surface area contributed by atoms with E-state index in [1.54, 1.807) is 60.7 Å². The molecule has 0 aliphatic rings. The summed E-state index contributed by atoms with van der Waals surface area (Å²) < 4.78 is 40.7. The second kappa shape index (κ2) is 13.0. The molecule has 0 unspecified atom stereocenters. The fraction of sp³-hybridized carbons (Fsp3) is 0.107. The molecule has 4 aromatic rings. The number of aryl methyl sites for hydroxylation is 1. The van der Waals surface area contributed by atoms with Gasteiger partial charge >= 0.3 is 17.0 Å². The number of sulfone groups is 1. The van der Waals surface area contributed by atoms with Crippen LogP contribution in [-0.2, 0) is 25.8 Å². The van der Waals surface area contributed by atoms with Gasteiger partial charge in [-0.25, -0.2) is 13.2 Å². The number of benzene rings is 3. The van der Waals surface area contributed by atoms with Gasteiger partial charge < -0.3 is 20.4 Å². The minimum absolute atomic E-state index is 0.000333. The van der Waals surface area contributed by atoms with Crippen molar-refractivity contribution in [2.75, 3.05) is 0 Å². The lowest BCUT2D eigenvalue weighted by atomic mass is 10.2. The number of carbonyl (C=O) groups is 2. The lowest BCUT2D eigenvalue weighted by molar-refractivity contribution is -0.832. The van der Waals surface area contributed by atoms with Crippen LogP contribution in [0.4, 0.5) is 0 Å². The number of carbonyl (C=O) groups excluding carboxylic acids is 2. The zero-order valence-corrected chi connectivity index (χ0v) is 23.0. The second-order valence-electron chi connectivity index (χ2n) is 8.54. The van der Waals surface area contributed by atoms with E-state index in [0.717, 1.165) is 0 Å². The van der Waals surface area contributed by atoms with Crippen molar-refractivity contribution in [3.05, 3.63) is 107 Å². The van der Waals surface area contributed by atoms with Gasteiger partial charge in [-0.05, 0) is 71.5 Å². The normalized spacial score (nSPS) is 11.3. The largest absolute Gasteiger partial charge is 0.427 e. The van der Waals surface area contributed by atoms with Gasteiger partial charge in [0.15, 0.2) is 0 Å². The summed E-state index contributed by atoms with van der Waals surface area (Å²) in [5, 5.41) is 14.9. The van der Waals surface area contributed by atoms with E-state index in [0.29, 0.717) is 16.9 Å². The molecule has 0 fully saturated rings. The highest BCUT2D eigenvalue weighted by Crippen LogP contribution is 2.22. The van der Waals surface area contributed by atoms with E-state index in [1.807, 2.05) is 0 Å². The van der Waals surface area contributed by atoms with Crippen LogP contribution < -0.4 is 20.1 Å². The lowest BCUT2D eigenvalue weighted by Crippen LogP contribution is -2.31. The standard InChI is InChI=1S/C28H23N3O8S2/c29-27(40)20-12-16-22(17-13-20)38-26(33)18-11-19-9-14-21(15-10-19)37-25(32)8-4-7-24-28(31(34)39-30-24)41(35,36)23-5-2-1-3-6-23/h1-3,5-6,9-18H,4,7-8H2,(H2,29,40). The Morgan fingerprint density at radius 1 is 0.976 bits per heavy atom. The van der Waals surface area contributed by atoms with E-state index in [-0.39, 0.29) is 45.5 Å². The van der Waals surface area contributed by atoms with E-state index < -0.39 is 26.8 Å². The Hall–Kier alpha value is -4.88. The molecule has 1 aromatic heterocycles. The van der Waals surface area contributed by atoms with Gasteiger partial charge in [0.05, 0.1) is 4.90 Å². The van der Waals surface area contributed by atoms with Crippen LogP contribution in [0.3, 0.4) is 0 Å². The van der Waals surface area contributed by atoms with Crippen molar-refractivity contribution in [2.24, 2.45) is 5.73 Å². The molecule has 1 heterocycles. The molecule has 13 heteroatoms. The van der Waals surface area contributed by atoms with Gasteiger partial charge in [0, 0.05) is 29.6 Å². The van der Waals surface area contributed by atoms with E-state index in [1.165, 1.54) is 30.3 Å². The third-order valence-electron chi connectivity index (χ3n) is 5.62. The van der Waals surface area contributed by atoms with Crippen LogP contribution >= 0.6 is 12.2 Å². The summed E-state index contributed by atoms with van der Waals surface area (Å²) in [6.07, 6.45) is 2.89. The second-order valence-corrected chi connectivity index (χ2v) is 10.8. The van der Waals surface area contributed by atoms with Gasteiger partial charge in [-0.3, -0.25) is 9.42 Å². The summed E-state index contributed by atoms with van der Waals surface area (Å²) in [6.45, 7) is 0. The summed E-state index contributed by atoms with van der Waals surface area (Å²) in [4.78, 5) is 24.4. The van der Waals surface area contributed by atoms with E-state index >= 15 is 0 Å². The monoisotopic (exact) mass is 593 g/mol. The van der Waals surface area contributed by atoms with E-state index in [2.05, 4.69) is 9.79 Å². The number of ether oxygens (including phenoxy) is 2. The van der Waals surface area contributed by atoms with Crippen molar-refractivity contribution in [3.8, 4) is 11.5 Å². The molecule has 2 N–H and O–H groups in total. The molecular weight excluding hydrogens is 570 g/mol. The Morgan fingerprint density at radius 2 is 1.61 bits per heavy atom. The minimum atomic E-state index is -4.16. The van der Waals surface area contributed by atoms with Crippen molar-refractivity contribution in [1.82, 2.24) is 5.16 Å². The smallest absolute Gasteiger partial charge is 0.336 e. The molecule has 0 aliphatic heterocycles. The van der Waals surface area contributed by atoms with Gasteiger partial charge in [0.1, 0.15) is 16.5 Å². The first-order valence-electron chi connectivity index (χ1n) is 12.1. The minimum Gasteiger partial charge on any atom is -0.427 e. The van der Waals surface area contributed by atoms with Crippen LogP contribution in [0.5, 0.6) is 11.5 Å². The van der Waals surface area contributed by atoms with Crippen LogP contribution in [-0.4, -0.2) is 30.5 Å². The summed E-state index contributed by atoms with van der Waals surface area (Å²) >= 11 is 4.89. The van der Waals surface area contributed by atoms with Crippen molar-refractivity contribution in [1.29, 1.82) is 0 Å². The molecule has 0 spiro atoms. The molecule has 0 radical (unpaired) electrons. The maximum absolute atomic E-state index is 12.8. The number of aromatic nitrogens is 2. The Balaban J connectivity index is 1.27. The molecule has 41 heavy (non-hydrogen) atoms. The van der Waals surface area contributed by atoms with E-state index in [4.69, 9.17) is 27.4 Å². The van der Waals surface area contributed by atoms with Crippen LogP contribution in [0, 0.1) is 5.21 Å². The number of nitrogens with zero attached hydrogens (tertiary/aromatic N) is 2. The average Bonchev–Trinajstić information content (AvgIpc) is 3.34. The summed E-state index contributed by atoms with van der Waals surface area (Å²) in [5.41, 5.74) is 6.78. The maximum Gasteiger partial charge on any atom is 0.336 e. The third-order valence-corrected chi connectivity index (χ3v) is 7.64. The highest BCUT2D eigenvalue weighted by molar-refractivity contribution is 7.91. The first-order chi connectivity index (χ1) is 19.6. The predicted molar refractivity (Wildman–Crippen MR) is 149 cm³/mol. The topological polar surface area (TPSA) is 166 Å². The van der Waals surface area contributed by atoms with Gasteiger partial charge in [-0.1, -0.05) is 42.5 Å². The van der Waals surface area contributed by atoms with Crippen molar-refractivity contribution in [3.63, 3.8) is 0 Å². The molecular formula is C28H23N3O8S2. The Kier molecular flexibility index (Phi) is 9.22. The Morgan fingerprint density at radius 3 is 2.27 bits per heavy atom. The van der Waals surface area contributed by atoms with Gasteiger partial charge in [0.25, 0.3) is 9.84 Å². The first kappa shape index (κ1) is 29.1. The van der Waals surface area contributed by atoms with E-state index in [9.17, 15) is 23.2 Å². The molecule has 0 bridgehead atoms. The van der Waals surface area contributed by atoms with Crippen molar-refractivity contribution in [2.45, 2.75) is 29.2 Å². The van der Waals surface area contributed by atoms with Crippen LogP contribution in [0.2, 0.25) is 0 Å². The molecule has 3 aromatic carbocycles. The fourth-order valence-corrected chi connectivity index (χ4v) is 5.17. The zero-order chi connectivity index (χ0) is 29.4. The predicted octanol–water partition coefficient (Wildman–Crippen LogP) is 3.32. The average molecular weight is 594 g/mol. The lowest BCUT2D eigenvalue weighted by Gasteiger charge is -2.05. The molecule has 0 amide bonds. The Labute approximate surface area is 240 Å². The molecule has 0 aliphatic carbocycles. The van der Waals surface area contributed by atoms with Crippen LogP contribution in [0.1, 0.15) is 29.7 Å². The number of hydrogen-bond acceptors (Lipinski definition) is 10.